The lowest BCUT2D eigenvalue weighted by atomic mass is 10.2. The fourth-order valence-electron chi connectivity index (χ4n) is 2.01. The molecular formula is C19H17ClN2O4. The molecule has 6 nitrogen and oxygen atoms in total. The molecule has 0 bridgehead atoms. The van der Waals surface area contributed by atoms with Gasteiger partial charge in [0.1, 0.15) is 5.70 Å². The van der Waals surface area contributed by atoms with Gasteiger partial charge in [-0.15, -0.1) is 0 Å². The maximum absolute atomic E-state index is 12.2. The van der Waals surface area contributed by atoms with E-state index in [2.05, 4.69) is 10.6 Å². The Labute approximate surface area is 155 Å². The maximum Gasteiger partial charge on any atom is 0.355 e. The molecule has 0 aliphatic carbocycles. The van der Waals surface area contributed by atoms with E-state index in [0.29, 0.717) is 16.3 Å². The van der Waals surface area contributed by atoms with Gasteiger partial charge < -0.3 is 15.4 Å². The van der Waals surface area contributed by atoms with Gasteiger partial charge in [-0.3, -0.25) is 9.59 Å². The van der Waals surface area contributed by atoms with Crippen molar-refractivity contribution < 1.29 is 19.1 Å². The molecule has 2 aromatic rings. The number of ether oxygens (including phenoxy) is 1. The molecule has 2 amide bonds. The SMILES string of the molecule is CC(=O)N/C(=C\c1ccccc1)C(=O)OCC(=O)Nc1ccccc1Cl. The standard InChI is InChI=1S/C19H17ClN2O4/c1-13(23)21-17(11-14-7-3-2-4-8-14)19(25)26-12-18(24)22-16-10-6-5-9-15(16)20/h2-11H,12H2,1H3,(H,21,23)(H,22,24)/b17-11-. The summed E-state index contributed by atoms with van der Waals surface area (Å²) in [5.41, 5.74) is 1.06. The van der Waals surface area contributed by atoms with E-state index in [0.717, 1.165) is 0 Å². The lowest BCUT2D eigenvalue weighted by Gasteiger charge is -2.10. The molecule has 0 saturated heterocycles. The van der Waals surface area contributed by atoms with Gasteiger partial charge in [0.2, 0.25) is 5.91 Å². The van der Waals surface area contributed by atoms with Gasteiger partial charge in [0.15, 0.2) is 6.61 Å². The van der Waals surface area contributed by atoms with Crippen LogP contribution in [-0.2, 0) is 19.1 Å². The molecule has 0 heterocycles. The molecular weight excluding hydrogens is 356 g/mol. The van der Waals surface area contributed by atoms with Crippen molar-refractivity contribution in [1.29, 1.82) is 0 Å². The second kappa shape index (κ2) is 9.39. The molecule has 7 heteroatoms. The highest BCUT2D eigenvalue weighted by Gasteiger charge is 2.15. The Morgan fingerprint density at radius 3 is 2.35 bits per heavy atom. The summed E-state index contributed by atoms with van der Waals surface area (Å²) in [5.74, 6) is -1.80. The maximum atomic E-state index is 12.2. The van der Waals surface area contributed by atoms with Crippen LogP contribution in [0.25, 0.3) is 6.08 Å². The second-order valence-electron chi connectivity index (χ2n) is 5.25. The van der Waals surface area contributed by atoms with Gasteiger partial charge in [-0.2, -0.15) is 0 Å². The lowest BCUT2D eigenvalue weighted by molar-refractivity contribution is -0.144. The summed E-state index contributed by atoms with van der Waals surface area (Å²) in [6.45, 7) is 0.756. The van der Waals surface area contributed by atoms with Crippen LogP contribution in [0.4, 0.5) is 5.69 Å². The highest BCUT2D eigenvalue weighted by atomic mass is 35.5. The molecule has 2 rings (SSSR count). The Kier molecular flexibility index (Phi) is 6.93. The van der Waals surface area contributed by atoms with Crippen LogP contribution in [0.3, 0.4) is 0 Å². The van der Waals surface area contributed by atoms with E-state index in [1.54, 1.807) is 48.5 Å². The summed E-state index contributed by atoms with van der Waals surface area (Å²) in [6.07, 6.45) is 1.47. The molecule has 2 N–H and O–H groups in total. The average molecular weight is 373 g/mol. The van der Waals surface area contributed by atoms with Crippen molar-refractivity contribution in [2.24, 2.45) is 0 Å². The molecule has 0 spiro atoms. The number of hydrogen-bond acceptors (Lipinski definition) is 4. The van der Waals surface area contributed by atoms with Gasteiger partial charge in [0, 0.05) is 6.92 Å². The number of halogens is 1. The van der Waals surface area contributed by atoms with E-state index in [-0.39, 0.29) is 5.70 Å². The number of benzene rings is 2. The van der Waals surface area contributed by atoms with Crippen molar-refractivity contribution >= 4 is 41.1 Å². The Bertz CT molecular complexity index is 834. The quantitative estimate of drug-likeness (QED) is 0.603. The topological polar surface area (TPSA) is 84.5 Å². The summed E-state index contributed by atoms with van der Waals surface area (Å²) in [7, 11) is 0. The van der Waals surface area contributed by atoms with Gasteiger partial charge >= 0.3 is 5.97 Å². The van der Waals surface area contributed by atoms with Crippen LogP contribution in [0, 0.1) is 0 Å². The molecule has 26 heavy (non-hydrogen) atoms. The van der Waals surface area contributed by atoms with Crippen molar-refractivity contribution in [2.75, 3.05) is 11.9 Å². The van der Waals surface area contributed by atoms with E-state index in [4.69, 9.17) is 16.3 Å². The molecule has 0 atom stereocenters. The molecule has 0 fully saturated rings. The first-order valence-corrected chi connectivity index (χ1v) is 8.09. The molecule has 134 valence electrons. The summed E-state index contributed by atoms with van der Waals surface area (Å²) in [5, 5.41) is 5.32. The zero-order valence-electron chi connectivity index (χ0n) is 14.0. The van der Waals surface area contributed by atoms with Crippen LogP contribution in [0.5, 0.6) is 0 Å². The van der Waals surface area contributed by atoms with E-state index in [1.165, 1.54) is 13.0 Å². The number of hydrogen-bond donors (Lipinski definition) is 2. The molecule has 0 unspecified atom stereocenters. The lowest BCUT2D eigenvalue weighted by Crippen LogP contribution is -2.28. The summed E-state index contributed by atoms with van der Waals surface area (Å²) < 4.78 is 4.97. The van der Waals surface area contributed by atoms with Crippen molar-refractivity contribution in [3.8, 4) is 0 Å². The Hall–Kier alpha value is -3.12. The average Bonchev–Trinajstić information content (AvgIpc) is 2.61. The Balaban J connectivity index is 2.00. The number of carbonyl (C=O) groups excluding carboxylic acids is 3. The first-order chi connectivity index (χ1) is 12.5. The zero-order chi connectivity index (χ0) is 18.9. The number of nitrogens with one attached hydrogen (secondary N) is 2. The van der Waals surface area contributed by atoms with E-state index in [1.807, 2.05) is 6.07 Å². The molecule has 0 saturated carbocycles. The van der Waals surface area contributed by atoms with Gasteiger partial charge in [-0.1, -0.05) is 54.1 Å². The smallest absolute Gasteiger partial charge is 0.355 e. The van der Waals surface area contributed by atoms with Crippen LogP contribution in [0.1, 0.15) is 12.5 Å². The molecule has 2 aromatic carbocycles. The molecule has 0 radical (unpaired) electrons. The molecule has 0 aliphatic rings. The number of anilines is 1. The van der Waals surface area contributed by atoms with Crippen molar-refractivity contribution in [2.45, 2.75) is 6.92 Å². The predicted molar refractivity (Wildman–Crippen MR) is 99.3 cm³/mol. The minimum absolute atomic E-state index is 0.0609. The first-order valence-electron chi connectivity index (χ1n) is 7.71. The fraction of sp³-hybridized carbons (Fsp3) is 0.105. The number of rotatable bonds is 6. The zero-order valence-corrected chi connectivity index (χ0v) is 14.7. The van der Waals surface area contributed by atoms with Gasteiger partial charge in [0.25, 0.3) is 5.91 Å². The van der Waals surface area contributed by atoms with Gasteiger partial charge in [-0.05, 0) is 23.8 Å². The van der Waals surface area contributed by atoms with Crippen LogP contribution in [0.2, 0.25) is 5.02 Å². The van der Waals surface area contributed by atoms with Crippen LogP contribution >= 0.6 is 11.6 Å². The Morgan fingerprint density at radius 1 is 1.04 bits per heavy atom. The minimum atomic E-state index is -0.821. The third-order valence-corrected chi connectivity index (χ3v) is 3.45. The van der Waals surface area contributed by atoms with Crippen molar-refractivity contribution in [3.63, 3.8) is 0 Å². The van der Waals surface area contributed by atoms with Gasteiger partial charge in [-0.25, -0.2) is 4.79 Å². The van der Waals surface area contributed by atoms with Crippen molar-refractivity contribution in [1.82, 2.24) is 5.32 Å². The normalized spacial score (nSPS) is 10.8. The van der Waals surface area contributed by atoms with E-state index in [9.17, 15) is 14.4 Å². The molecule has 0 aliphatic heterocycles. The monoisotopic (exact) mass is 372 g/mol. The Morgan fingerprint density at radius 2 is 1.69 bits per heavy atom. The van der Waals surface area contributed by atoms with E-state index >= 15 is 0 Å². The first kappa shape index (κ1) is 19.2. The molecule has 0 aromatic heterocycles. The van der Waals surface area contributed by atoms with Crippen LogP contribution in [-0.4, -0.2) is 24.4 Å². The largest absolute Gasteiger partial charge is 0.451 e. The highest BCUT2D eigenvalue weighted by Crippen LogP contribution is 2.20. The number of esters is 1. The minimum Gasteiger partial charge on any atom is -0.451 e. The summed E-state index contributed by atoms with van der Waals surface area (Å²) >= 11 is 5.95. The number of carbonyl (C=O) groups is 3. The van der Waals surface area contributed by atoms with E-state index < -0.39 is 24.4 Å². The van der Waals surface area contributed by atoms with Gasteiger partial charge in [0.05, 0.1) is 10.7 Å². The second-order valence-corrected chi connectivity index (χ2v) is 5.66. The summed E-state index contributed by atoms with van der Waals surface area (Å²) in [4.78, 5) is 35.4. The third kappa shape index (κ3) is 6.07. The summed E-state index contributed by atoms with van der Waals surface area (Å²) in [6, 6.07) is 15.6. The number of amides is 2. The van der Waals surface area contributed by atoms with Crippen molar-refractivity contribution in [3.05, 3.63) is 70.9 Å². The van der Waals surface area contributed by atoms with Crippen LogP contribution < -0.4 is 10.6 Å². The fourth-order valence-corrected chi connectivity index (χ4v) is 2.19. The number of para-hydroxylation sites is 1. The van der Waals surface area contributed by atoms with Crippen LogP contribution in [0.15, 0.2) is 60.3 Å². The highest BCUT2D eigenvalue weighted by molar-refractivity contribution is 6.33. The predicted octanol–water partition coefficient (Wildman–Crippen LogP) is 3.00. The third-order valence-electron chi connectivity index (χ3n) is 3.12.